The first-order chi connectivity index (χ1) is 10.3. The number of carbonyl (C=O) groups excluding carboxylic acids is 1. The summed E-state index contributed by atoms with van der Waals surface area (Å²) in [5.74, 6) is 1.43. The minimum atomic E-state index is -1.04. The molecule has 2 atom stereocenters. The summed E-state index contributed by atoms with van der Waals surface area (Å²) < 4.78 is 11.0. The van der Waals surface area contributed by atoms with E-state index in [1.807, 2.05) is 6.92 Å². The summed E-state index contributed by atoms with van der Waals surface area (Å²) in [6.45, 7) is 6.09. The number of hydrogen-bond donors (Lipinski definition) is 1. The standard InChI is InChI=1S/C15H23N3O4/c1-9-12(14-16-13(17-22-14)10-4-5-10)18(6-7-21-9)11(19)8-15(2,3)20/h9-10,12,20H,4-8H2,1-3H3/t9-,12+/m1/s1. The zero-order valence-electron chi connectivity index (χ0n) is 13.3. The number of amides is 1. The van der Waals surface area contributed by atoms with Gasteiger partial charge in [-0.05, 0) is 33.6 Å². The molecule has 1 saturated carbocycles. The fraction of sp³-hybridized carbons (Fsp3) is 0.800. The first-order valence-corrected chi connectivity index (χ1v) is 7.82. The van der Waals surface area contributed by atoms with Crippen LogP contribution in [0, 0.1) is 0 Å². The van der Waals surface area contributed by atoms with E-state index in [0.29, 0.717) is 25.0 Å². The average molecular weight is 309 g/mol. The highest BCUT2D eigenvalue weighted by Gasteiger charge is 2.40. The molecule has 0 radical (unpaired) electrons. The first kappa shape index (κ1) is 15.4. The molecule has 2 aliphatic rings. The average Bonchev–Trinajstić information content (AvgIpc) is 3.15. The van der Waals surface area contributed by atoms with Gasteiger partial charge in [0.15, 0.2) is 5.82 Å². The van der Waals surface area contributed by atoms with Crippen molar-refractivity contribution in [3.05, 3.63) is 11.7 Å². The van der Waals surface area contributed by atoms with E-state index >= 15 is 0 Å². The number of carbonyl (C=O) groups is 1. The summed E-state index contributed by atoms with van der Waals surface area (Å²) in [7, 11) is 0. The van der Waals surface area contributed by atoms with Gasteiger partial charge in [-0.25, -0.2) is 0 Å². The maximum absolute atomic E-state index is 12.5. The predicted molar refractivity (Wildman–Crippen MR) is 77.1 cm³/mol. The van der Waals surface area contributed by atoms with Gasteiger partial charge in [0.25, 0.3) is 5.89 Å². The molecule has 0 spiro atoms. The highest BCUT2D eigenvalue weighted by molar-refractivity contribution is 5.77. The van der Waals surface area contributed by atoms with Crippen LogP contribution in [-0.2, 0) is 9.53 Å². The van der Waals surface area contributed by atoms with Gasteiger partial charge in [-0.1, -0.05) is 5.16 Å². The molecule has 0 aromatic carbocycles. The van der Waals surface area contributed by atoms with Gasteiger partial charge >= 0.3 is 0 Å². The van der Waals surface area contributed by atoms with Crippen molar-refractivity contribution in [2.45, 2.75) is 63.7 Å². The zero-order chi connectivity index (χ0) is 15.9. The SMILES string of the molecule is C[C@H]1OCCN(C(=O)CC(C)(C)O)[C@@H]1c1nc(C2CC2)no1. The quantitative estimate of drug-likeness (QED) is 0.904. The summed E-state index contributed by atoms with van der Waals surface area (Å²) in [5, 5.41) is 13.9. The summed E-state index contributed by atoms with van der Waals surface area (Å²) in [6, 6.07) is -0.386. The van der Waals surface area contributed by atoms with E-state index in [4.69, 9.17) is 9.26 Å². The normalized spacial score (nSPS) is 26.3. The van der Waals surface area contributed by atoms with Crippen LogP contribution in [-0.4, -0.2) is 50.9 Å². The summed E-state index contributed by atoms with van der Waals surface area (Å²) >= 11 is 0. The molecule has 1 aliphatic heterocycles. The van der Waals surface area contributed by atoms with Crippen LogP contribution in [0.2, 0.25) is 0 Å². The third kappa shape index (κ3) is 3.30. The fourth-order valence-electron chi connectivity index (χ4n) is 2.78. The van der Waals surface area contributed by atoms with Gasteiger partial charge in [0.1, 0.15) is 6.04 Å². The maximum atomic E-state index is 12.5. The number of hydrogen-bond acceptors (Lipinski definition) is 6. The van der Waals surface area contributed by atoms with Crippen molar-refractivity contribution >= 4 is 5.91 Å². The Balaban J connectivity index is 1.81. The molecular weight excluding hydrogens is 286 g/mol. The molecule has 0 unspecified atom stereocenters. The zero-order valence-corrected chi connectivity index (χ0v) is 13.3. The van der Waals surface area contributed by atoms with Gasteiger partial charge < -0.3 is 19.3 Å². The molecule has 122 valence electrons. The lowest BCUT2D eigenvalue weighted by atomic mass is 10.0. The van der Waals surface area contributed by atoms with Gasteiger partial charge in [0.05, 0.1) is 24.7 Å². The maximum Gasteiger partial charge on any atom is 0.252 e. The van der Waals surface area contributed by atoms with E-state index in [0.717, 1.165) is 18.7 Å². The minimum absolute atomic E-state index is 0.0554. The molecule has 2 fully saturated rings. The number of rotatable bonds is 4. The van der Waals surface area contributed by atoms with E-state index in [-0.39, 0.29) is 24.5 Å². The molecule has 1 aromatic rings. The van der Waals surface area contributed by atoms with E-state index in [1.54, 1.807) is 18.7 Å². The van der Waals surface area contributed by atoms with Crippen molar-refractivity contribution in [1.29, 1.82) is 0 Å². The molecule has 1 saturated heterocycles. The van der Waals surface area contributed by atoms with Crippen molar-refractivity contribution in [3.8, 4) is 0 Å². The van der Waals surface area contributed by atoms with Gasteiger partial charge in [0.2, 0.25) is 5.91 Å². The number of aromatic nitrogens is 2. The van der Waals surface area contributed by atoms with Gasteiger partial charge in [-0.3, -0.25) is 4.79 Å². The third-order valence-corrected chi connectivity index (χ3v) is 4.05. The van der Waals surface area contributed by atoms with Crippen LogP contribution in [0.1, 0.15) is 63.7 Å². The Kier molecular flexibility index (Phi) is 3.94. The van der Waals surface area contributed by atoms with Crippen LogP contribution >= 0.6 is 0 Å². The monoisotopic (exact) mass is 309 g/mol. The third-order valence-electron chi connectivity index (χ3n) is 4.05. The van der Waals surface area contributed by atoms with Crippen molar-refractivity contribution in [2.24, 2.45) is 0 Å². The first-order valence-electron chi connectivity index (χ1n) is 7.82. The Morgan fingerprint density at radius 1 is 1.45 bits per heavy atom. The Morgan fingerprint density at radius 2 is 2.18 bits per heavy atom. The highest BCUT2D eigenvalue weighted by atomic mass is 16.5. The van der Waals surface area contributed by atoms with E-state index in [1.165, 1.54) is 0 Å². The topological polar surface area (TPSA) is 88.7 Å². The van der Waals surface area contributed by atoms with Crippen molar-refractivity contribution < 1.29 is 19.2 Å². The van der Waals surface area contributed by atoms with Gasteiger partial charge in [0, 0.05) is 12.5 Å². The van der Waals surface area contributed by atoms with Crippen LogP contribution < -0.4 is 0 Å². The Hall–Kier alpha value is -1.47. The summed E-state index contributed by atoms with van der Waals surface area (Å²) in [5.41, 5.74) is -1.04. The molecule has 0 bridgehead atoms. The Morgan fingerprint density at radius 3 is 2.82 bits per heavy atom. The summed E-state index contributed by atoms with van der Waals surface area (Å²) in [6.07, 6.45) is 2.03. The minimum Gasteiger partial charge on any atom is -0.390 e. The lowest BCUT2D eigenvalue weighted by Gasteiger charge is -2.38. The lowest BCUT2D eigenvalue weighted by Crippen LogP contribution is -2.48. The largest absolute Gasteiger partial charge is 0.390 e. The smallest absolute Gasteiger partial charge is 0.252 e. The van der Waals surface area contributed by atoms with E-state index < -0.39 is 5.60 Å². The van der Waals surface area contributed by atoms with Crippen molar-refractivity contribution in [1.82, 2.24) is 15.0 Å². The van der Waals surface area contributed by atoms with Crippen LogP contribution in [0.15, 0.2) is 4.52 Å². The number of morpholine rings is 1. The number of aliphatic hydroxyl groups is 1. The summed E-state index contributed by atoms with van der Waals surface area (Å²) in [4.78, 5) is 18.7. The molecule has 2 heterocycles. The Labute approximate surface area is 129 Å². The molecule has 1 aromatic heterocycles. The molecule has 22 heavy (non-hydrogen) atoms. The second-order valence-corrected chi connectivity index (χ2v) is 6.86. The molecule has 1 aliphatic carbocycles. The van der Waals surface area contributed by atoms with Crippen LogP contribution in [0.25, 0.3) is 0 Å². The van der Waals surface area contributed by atoms with Crippen LogP contribution in [0.5, 0.6) is 0 Å². The highest BCUT2D eigenvalue weighted by Crippen LogP contribution is 2.39. The molecule has 1 N–H and O–H groups in total. The number of nitrogens with zero attached hydrogens (tertiary/aromatic N) is 3. The fourth-order valence-corrected chi connectivity index (χ4v) is 2.78. The molecule has 3 rings (SSSR count). The molecule has 1 amide bonds. The molecule has 7 nitrogen and oxygen atoms in total. The second kappa shape index (κ2) is 5.62. The van der Waals surface area contributed by atoms with Crippen LogP contribution in [0.3, 0.4) is 0 Å². The van der Waals surface area contributed by atoms with Crippen molar-refractivity contribution in [3.63, 3.8) is 0 Å². The second-order valence-electron chi connectivity index (χ2n) is 6.86. The van der Waals surface area contributed by atoms with Crippen LogP contribution in [0.4, 0.5) is 0 Å². The van der Waals surface area contributed by atoms with Gasteiger partial charge in [-0.15, -0.1) is 0 Å². The van der Waals surface area contributed by atoms with Crippen molar-refractivity contribution in [2.75, 3.05) is 13.2 Å². The van der Waals surface area contributed by atoms with E-state index in [2.05, 4.69) is 10.1 Å². The number of ether oxygens (including phenoxy) is 1. The Bertz CT molecular complexity index is 547. The molecular formula is C15H23N3O4. The van der Waals surface area contributed by atoms with E-state index in [9.17, 15) is 9.90 Å². The molecule has 7 heteroatoms. The lowest BCUT2D eigenvalue weighted by molar-refractivity contribution is -0.151. The predicted octanol–water partition coefficient (Wildman–Crippen LogP) is 1.40. The van der Waals surface area contributed by atoms with Gasteiger partial charge in [-0.2, -0.15) is 4.98 Å².